The minimum absolute atomic E-state index is 0.262. The standard InChI is InChI=1S/C25H25N5O3/c1-32-21-14-17(7-8-19(21)16-30-12-3-2-4-13-30)24(31)28-22-15-18(9-11-26-22)25-29-23-20(33-25)6-5-10-27-23/h5-11,14-15H,2-4,12-13,16H2,1H3,(H,26,28,31). The Balaban J connectivity index is 1.32. The molecular weight excluding hydrogens is 418 g/mol. The predicted molar refractivity (Wildman–Crippen MR) is 125 cm³/mol. The number of amides is 1. The number of nitrogens with one attached hydrogen (secondary N) is 1. The van der Waals surface area contributed by atoms with Crippen LogP contribution < -0.4 is 10.1 Å². The molecule has 0 saturated carbocycles. The van der Waals surface area contributed by atoms with Crippen LogP contribution in [0.3, 0.4) is 0 Å². The first-order valence-corrected chi connectivity index (χ1v) is 11.1. The summed E-state index contributed by atoms with van der Waals surface area (Å²) in [7, 11) is 1.64. The fraction of sp³-hybridized carbons (Fsp3) is 0.280. The number of fused-ring (bicyclic) bond motifs is 1. The first-order valence-electron chi connectivity index (χ1n) is 11.1. The summed E-state index contributed by atoms with van der Waals surface area (Å²) in [6.07, 6.45) is 7.03. The number of piperidine rings is 1. The third-order valence-corrected chi connectivity index (χ3v) is 5.81. The van der Waals surface area contributed by atoms with Gasteiger partial charge in [-0.15, -0.1) is 0 Å². The minimum Gasteiger partial charge on any atom is -0.496 e. The fourth-order valence-electron chi connectivity index (χ4n) is 4.09. The number of likely N-dealkylation sites (tertiary alicyclic amines) is 1. The number of methoxy groups -OCH3 is 1. The van der Waals surface area contributed by atoms with Crippen LogP contribution in [-0.2, 0) is 6.54 Å². The van der Waals surface area contributed by atoms with Crippen molar-refractivity contribution in [1.29, 1.82) is 0 Å². The summed E-state index contributed by atoms with van der Waals surface area (Å²) < 4.78 is 11.4. The average Bonchev–Trinajstić information content (AvgIpc) is 3.29. The van der Waals surface area contributed by atoms with Crippen LogP contribution in [0.1, 0.15) is 35.2 Å². The molecule has 1 aromatic carbocycles. The zero-order valence-electron chi connectivity index (χ0n) is 18.5. The molecule has 1 aliphatic rings. The third-order valence-electron chi connectivity index (χ3n) is 5.81. The molecule has 8 heteroatoms. The van der Waals surface area contributed by atoms with Gasteiger partial charge in [-0.2, -0.15) is 4.98 Å². The van der Waals surface area contributed by atoms with Crippen molar-refractivity contribution in [3.05, 3.63) is 66.0 Å². The first-order chi connectivity index (χ1) is 16.2. The highest BCUT2D eigenvalue weighted by atomic mass is 16.5. The van der Waals surface area contributed by atoms with Crippen LogP contribution in [0.15, 0.2) is 59.3 Å². The number of hydrogen-bond acceptors (Lipinski definition) is 7. The van der Waals surface area contributed by atoms with Crippen molar-refractivity contribution in [1.82, 2.24) is 19.9 Å². The van der Waals surface area contributed by atoms with Crippen molar-refractivity contribution in [3.8, 4) is 17.2 Å². The molecule has 0 aliphatic carbocycles. The van der Waals surface area contributed by atoms with E-state index in [0.29, 0.717) is 39.8 Å². The molecule has 3 aromatic heterocycles. The van der Waals surface area contributed by atoms with Gasteiger partial charge < -0.3 is 14.5 Å². The van der Waals surface area contributed by atoms with Crippen molar-refractivity contribution in [2.75, 3.05) is 25.5 Å². The average molecular weight is 444 g/mol. The number of ether oxygens (including phenoxy) is 1. The maximum Gasteiger partial charge on any atom is 0.256 e. The van der Waals surface area contributed by atoms with E-state index in [1.54, 1.807) is 43.8 Å². The van der Waals surface area contributed by atoms with Crippen molar-refractivity contribution in [2.24, 2.45) is 0 Å². The van der Waals surface area contributed by atoms with E-state index in [2.05, 4.69) is 25.2 Å². The van der Waals surface area contributed by atoms with Crippen molar-refractivity contribution >= 4 is 23.0 Å². The zero-order chi connectivity index (χ0) is 22.6. The lowest BCUT2D eigenvalue weighted by Gasteiger charge is -2.27. The Morgan fingerprint density at radius 2 is 1.97 bits per heavy atom. The van der Waals surface area contributed by atoms with Crippen LogP contribution in [0.4, 0.5) is 5.82 Å². The fourth-order valence-corrected chi connectivity index (χ4v) is 4.09. The SMILES string of the molecule is COc1cc(C(=O)Nc2cc(-c3nc4ncccc4o3)ccn2)ccc1CN1CCCCC1. The molecule has 0 bridgehead atoms. The second-order valence-electron chi connectivity index (χ2n) is 8.09. The predicted octanol–water partition coefficient (Wildman–Crippen LogP) is 4.53. The Morgan fingerprint density at radius 1 is 1.09 bits per heavy atom. The van der Waals surface area contributed by atoms with Crippen LogP contribution >= 0.6 is 0 Å². The molecule has 0 unspecified atom stereocenters. The summed E-state index contributed by atoms with van der Waals surface area (Å²) in [6.45, 7) is 3.03. The number of oxazole rings is 1. The second-order valence-corrected chi connectivity index (χ2v) is 8.09. The van der Waals surface area contributed by atoms with Gasteiger partial charge in [0.2, 0.25) is 5.89 Å². The van der Waals surface area contributed by atoms with Crippen molar-refractivity contribution in [2.45, 2.75) is 25.8 Å². The molecule has 1 aliphatic heterocycles. The molecule has 1 amide bonds. The van der Waals surface area contributed by atoms with Gasteiger partial charge in [0.1, 0.15) is 11.6 Å². The molecule has 0 atom stereocenters. The molecule has 168 valence electrons. The summed E-state index contributed by atoms with van der Waals surface area (Å²) in [6, 6.07) is 12.7. The zero-order valence-corrected chi connectivity index (χ0v) is 18.5. The smallest absolute Gasteiger partial charge is 0.256 e. The van der Waals surface area contributed by atoms with Gasteiger partial charge in [-0.1, -0.05) is 12.5 Å². The number of rotatable bonds is 6. The Labute approximate surface area is 191 Å². The summed E-state index contributed by atoms with van der Waals surface area (Å²) in [5.74, 6) is 1.28. The van der Waals surface area contributed by atoms with Crippen LogP contribution in [0.25, 0.3) is 22.7 Å². The van der Waals surface area contributed by atoms with Crippen LogP contribution in [0.5, 0.6) is 5.75 Å². The molecule has 33 heavy (non-hydrogen) atoms. The maximum atomic E-state index is 12.9. The highest BCUT2D eigenvalue weighted by Gasteiger charge is 2.16. The molecule has 5 rings (SSSR count). The molecule has 0 radical (unpaired) electrons. The van der Waals surface area contributed by atoms with Crippen LogP contribution in [0, 0.1) is 0 Å². The Kier molecular flexibility index (Phi) is 5.99. The molecule has 1 N–H and O–H groups in total. The quantitative estimate of drug-likeness (QED) is 0.468. The second kappa shape index (κ2) is 9.38. The number of carbonyl (C=O) groups excluding carboxylic acids is 1. The Hall–Kier alpha value is -3.78. The van der Waals surface area contributed by atoms with E-state index in [-0.39, 0.29) is 5.91 Å². The summed E-state index contributed by atoms with van der Waals surface area (Å²) in [5.41, 5.74) is 3.43. The van der Waals surface area contributed by atoms with E-state index in [1.165, 1.54) is 19.3 Å². The molecule has 0 spiro atoms. The number of carbonyl (C=O) groups is 1. The van der Waals surface area contributed by atoms with Gasteiger partial charge >= 0.3 is 0 Å². The lowest BCUT2D eigenvalue weighted by molar-refractivity contribution is 0.102. The van der Waals surface area contributed by atoms with E-state index in [9.17, 15) is 4.79 Å². The largest absolute Gasteiger partial charge is 0.496 e. The van der Waals surface area contributed by atoms with E-state index in [0.717, 1.165) is 25.2 Å². The van der Waals surface area contributed by atoms with Gasteiger partial charge in [-0.05, 0) is 62.3 Å². The van der Waals surface area contributed by atoms with Crippen LogP contribution in [0.2, 0.25) is 0 Å². The molecule has 1 fully saturated rings. The number of anilines is 1. The highest BCUT2D eigenvalue weighted by molar-refractivity contribution is 6.04. The number of benzene rings is 1. The van der Waals surface area contributed by atoms with Gasteiger partial charge in [-0.25, -0.2) is 9.97 Å². The van der Waals surface area contributed by atoms with Gasteiger partial charge in [-0.3, -0.25) is 9.69 Å². The topological polar surface area (TPSA) is 93.4 Å². The maximum absolute atomic E-state index is 12.9. The Bertz CT molecular complexity index is 1250. The summed E-state index contributed by atoms with van der Waals surface area (Å²) >= 11 is 0. The number of aromatic nitrogens is 3. The summed E-state index contributed by atoms with van der Waals surface area (Å²) in [5, 5.41) is 2.85. The lowest BCUT2D eigenvalue weighted by Crippen LogP contribution is -2.29. The normalized spacial score (nSPS) is 14.3. The van der Waals surface area contributed by atoms with Crippen LogP contribution in [-0.4, -0.2) is 46.0 Å². The highest BCUT2D eigenvalue weighted by Crippen LogP contribution is 2.26. The Morgan fingerprint density at radius 3 is 2.79 bits per heavy atom. The van der Waals surface area contributed by atoms with Gasteiger partial charge in [0.25, 0.3) is 5.91 Å². The molecule has 8 nitrogen and oxygen atoms in total. The first kappa shape index (κ1) is 21.1. The van der Waals surface area contributed by atoms with Gasteiger partial charge in [0.15, 0.2) is 11.2 Å². The van der Waals surface area contributed by atoms with Gasteiger partial charge in [0.05, 0.1) is 7.11 Å². The van der Waals surface area contributed by atoms with Gasteiger partial charge in [0, 0.05) is 35.6 Å². The number of nitrogens with zero attached hydrogens (tertiary/aromatic N) is 4. The molecular formula is C25H25N5O3. The molecule has 4 heterocycles. The third kappa shape index (κ3) is 4.70. The summed E-state index contributed by atoms with van der Waals surface area (Å²) in [4.78, 5) is 28.2. The lowest BCUT2D eigenvalue weighted by atomic mass is 10.1. The minimum atomic E-state index is -0.262. The molecule has 4 aromatic rings. The number of pyridine rings is 2. The molecule has 1 saturated heterocycles. The van der Waals surface area contributed by atoms with Crippen molar-refractivity contribution < 1.29 is 13.9 Å². The monoisotopic (exact) mass is 443 g/mol. The van der Waals surface area contributed by atoms with E-state index in [1.807, 2.05) is 18.2 Å². The van der Waals surface area contributed by atoms with E-state index in [4.69, 9.17) is 9.15 Å². The number of hydrogen-bond donors (Lipinski definition) is 1. The van der Waals surface area contributed by atoms with Crippen molar-refractivity contribution in [3.63, 3.8) is 0 Å². The van der Waals surface area contributed by atoms with E-state index >= 15 is 0 Å². The van der Waals surface area contributed by atoms with E-state index < -0.39 is 0 Å².